The third kappa shape index (κ3) is 3.72. The van der Waals surface area contributed by atoms with Crippen molar-refractivity contribution >= 4 is 22.6 Å². The molecule has 0 radical (unpaired) electrons. The third-order valence-electron chi connectivity index (χ3n) is 3.56. The van der Waals surface area contributed by atoms with Gasteiger partial charge in [0.05, 0.1) is 0 Å². The van der Waals surface area contributed by atoms with Crippen LogP contribution in [0.15, 0.2) is 30.6 Å². The van der Waals surface area contributed by atoms with Gasteiger partial charge < -0.3 is 10.2 Å². The molecule has 0 spiro atoms. The van der Waals surface area contributed by atoms with E-state index in [1.54, 1.807) is 12.4 Å². The Bertz CT molecular complexity index is 618. The van der Waals surface area contributed by atoms with Gasteiger partial charge >= 0.3 is 0 Å². The van der Waals surface area contributed by atoms with E-state index in [1.165, 1.54) is 0 Å². The van der Waals surface area contributed by atoms with Gasteiger partial charge in [-0.05, 0) is 38.0 Å². The number of hydrogen-bond acceptors (Lipinski definition) is 4. The zero-order valence-corrected chi connectivity index (χ0v) is 13.5. The first-order valence-electron chi connectivity index (χ1n) is 7.92. The summed E-state index contributed by atoms with van der Waals surface area (Å²) < 4.78 is 0. The fourth-order valence-electron chi connectivity index (χ4n) is 2.55. The highest BCUT2D eigenvalue weighted by Gasteiger charge is 2.19. The zero-order valence-electron chi connectivity index (χ0n) is 13.5. The molecule has 5 nitrogen and oxygen atoms in total. The van der Waals surface area contributed by atoms with E-state index in [4.69, 9.17) is 0 Å². The number of carbonyl (C=O) groups is 1. The molecular formula is C17H24N4O. The average molecular weight is 300 g/mol. The van der Waals surface area contributed by atoms with E-state index in [1.807, 2.05) is 30.0 Å². The van der Waals surface area contributed by atoms with Crippen molar-refractivity contribution in [2.75, 3.05) is 18.4 Å². The summed E-state index contributed by atoms with van der Waals surface area (Å²) in [4.78, 5) is 23.0. The number of aromatic nitrogens is 2. The van der Waals surface area contributed by atoms with E-state index < -0.39 is 0 Å². The highest BCUT2D eigenvalue weighted by molar-refractivity contribution is 5.92. The van der Waals surface area contributed by atoms with Crippen molar-refractivity contribution in [1.82, 2.24) is 14.9 Å². The van der Waals surface area contributed by atoms with Gasteiger partial charge in [0.15, 0.2) is 5.65 Å². The van der Waals surface area contributed by atoms with Gasteiger partial charge in [-0.2, -0.15) is 0 Å². The van der Waals surface area contributed by atoms with Crippen molar-refractivity contribution in [3.05, 3.63) is 30.6 Å². The second-order valence-corrected chi connectivity index (χ2v) is 5.42. The van der Waals surface area contributed by atoms with E-state index in [0.717, 1.165) is 37.0 Å². The second-order valence-electron chi connectivity index (χ2n) is 5.42. The first-order valence-corrected chi connectivity index (χ1v) is 7.92. The standard InChI is InChI=1S/C17H24N4O/c1-4-11-21(12-5-2)17(22)13(3)20-15-8-10-19-16-14(15)7-6-9-18-16/h6-10,13H,4-5,11-12H2,1-3H3,(H,18,19,20). The third-order valence-corrected chi connectivity index (χ3v) is 3.56. The predicted molar refractivity (Wildman–Crippen MR) is 89.8 cm³/mol. The quantitative estimate of drug-likeness (QED) is 0.853. The summed E-state index contributed by atoms with van der Waals surface area (Å²) in [7, 11) is 0. The summed E-state index contributed by atoms with van der Waals surface area (Å²) in [6, 6.07) is 5.45. The van der Waals surface area contributed by atoms with Gasteiger partial charge in [-0.1, -0.05) is 13.8 Å². The maximum absolute atomic E-state index is 12.6. The smallest absolute Gasteiger partial charge is 0.244 e. The lowest BCUT2D eigenvalue weighted by atomic mass is 10.2. The number of rotatable bonds is 7. The molecule has 0 saturated carbocycles. The van der Waals surface area contributed by atoms with E-state index in [0.29, 0.717) is 5.65 Å². The fourth-order valence-corrected chi connectivity index (χ4v) is 2.55. The van der Waals surface area contributed by atoms with Gasteiger partial charge in [0.2, 0.25) is 5.91 Å². The van der Waals surface area contributed by atoms with E-state index in [-0.39, 0.29) is 11.9 Å². The molecule has 0 aliphatic rings. The van der Waals surface area contributed by atoms with Crippen LogP contribution in [0.1, 0.15) is 33.6 Å². The van der Waals surface area contributed by atoms with E-state index in [2.05, 4.69) is 29.1 Å². The van der Waals surface area contributed by atoms with Crippen molar-refractivity contribution in [3.63, 3.8) is 0 Å². The maximum Gasteiger partial charge on any atom is 0.244 e. The molecule has 0 aliphatic carbocycles. The number of pyridine rings is 2. The normalized spacial score (nSPS) is 12.1. The van der Waals surface area contributed by atoms with Crippen LogP contribution in [0.4, 0.5) is 5.69 Å². The zero-order chi connectivity index (χ0) is 15.9. The molecule has 0 saturated heterocycles. The lowest BCUT2D eigenvalue weighted by molar-refractivity contribution is -0.131. The molecule has 5 heteroatoms. The molecule has 2 heterocycles. The molecule has 2 aromatic rings. The van der Waals surface area contributed by atoms with Crippen molar-refractivity contribution in [2.24, 2.45) is 0 Å². The number of nitrogens with zero attached hydrogens (tertiary/aromatic N) is 3. The van der Waals surface area contributed by atoms with Crippen LogP contribution in [0.3, 0.4) is 0 Å². The average Bonchev–Trinajstić information content (AvgIpc) is 2.54. The number of nitrogens with one attached hydrogen (secondary N) is 1. The molecule has 1 unspecified atom stereocenters. The maximum atomic E-state index is 12.6. The van der Waals surface area contributed by atoms with Gasteiger partial charge in [-0.15, -0.1) is 0 Å². The van der Waals surface area contributed by atoms with E-state index >= 15 is 0 Å². The Balaban J connectivity index is 2.15. The van der Waals surface area contributed by atoms with Crippen LogP contribution in [0.2, 0.25) is 0 Å². The Morgan fingerprint density at radius 3 is 2.55 bits per heavy atom. The Labute approximate surface area is 131 Å². The van der Waals surface area contributed by atoms with Crippen molar-refractivity contribution in [2.45, 2.75) is 39.7 Å². The van der Waals surface area contributed by atoms with Crippen LogP contribution in [-0.2, 0) is 4.79 Å². The Morgan fingerprint density at radius 1 is 1.18 bits per heavy atom. The molecule has 118 valence electrons. The Morgan fingerprint density at radius 2 is 1.86 bits per heavy atom. The van der Waals surface area contributed by atoms with Crippen molar-refractivity contribution < 1.29 is 4.79 Å². The van der Waals surface area contributed by atoms with Crippen LogP contribution < -0.4 is 5.32 Å². The van der Waals surface area contributed by atoms with Gasteiger partial charge in [0.1, 0.15) is 6.04 Å². The summed E-state index contributed by atoms with van der Waals surface area (Å²) in [6.07, 6.45) is 5.38. The molecular weight excluding hydrogens is 276 g/mol. The highest BCUT2D eigenvalue weighted by atomic mass is 16.2. The number of amides is 1. The largest absolute Gasteiger partial charge is 0.373 e. The van der Waals surface area contributed by atoms with Crippen LogP contribution in [0.25, 0.3) is 11.0 Å². The highest BCUT2D eigenvalue weighted by Crippen LogP contribution is 2.20. The van der Waals surface area contributed by atoms with Gasteiger partial charge in [-0.3, -0.25) is 4.79 Å². The minimum Gasteiger partial charge on any atom is -0.373 e. The first kappa shape index (κ1) is 16.2. The molecule has 0 fully saturated rings. The Hall–Kier alpha value is -2.17. The molecule has 0 aliphatic heterocycles. The molecule has 2 aromatic heterocycles. The minimum atomic E-state index is -0.274. The summed E-state index contributed by atoms with van der Waals surface area (Å²) in [5.74, 6) is 0.137. The molecule has 0 aromatic carbocycles. The van der Waals surface area contributed by atoms with Crippen LogP contribution in [-0.4, -0.2) is 39.9 Å². The number of hydrogen-bond donors (Lipinski definition) is 1. The molecule has 22 heavy (non-hydrogen) atoms. The van der Waals surface area contributed by atoms with Gasteiger partial charge in [0.25, 0.3) is 0 Å². The molecule has 1 amide bonds. The lowest BCUT2D eigenvalue weighted by Crippen LogP contribution is -2.42. The monoisotopic (exact) mass is 300 g/mol. The van der Waals surface area contributed by atoms with Crippen LogP contribution in [0.5, 0.6) is 0 Å². The predicted octanol–water partition coefficient (Wildman–Crippen LogP) is 3.08. The second kappa shape index (κ2) is 7.73. The van der Waals surface area contributed by atoms with Gasteiger partial charge in [0, 0.05) is 36.6 Å². The lowest BCUT2D eigenvalue weighted by Gasteiger charge is -2.26. The number of anilines is 1. The minimum absolute atomic E-state index is 0.137. The SMILES string of the molecule is CCCN(CCC)C(=O)C(C)Nc1ccnc2ncccc12. The van der Waals surface area contributed by atoms with Crippen LogP contribution >= 0.6 is 0 Å². The molecule has 1 atom stereocenters. The van der Waals surface area contributed by atoms with Gasteiger partial charge in [-0.25, -0.2) is 9.97 Å². The Kier molecular flexibility index (Phi) is 5.69. The summed E-state index contributed by atoms with van der Waals surface area (Å²) in [5.41, 5.74) is 1.58. The number of carbonyl (C=O) groups excluding carboxylic acids is 1. The molecule has 1 N–H and O–H groups in total. The van der Waals surface area contributed by atoms with E-state index in [9.17, 15) is 4.79 Å². The number of fused-ring (bicyclic) bond motifs is 1. The topological polar surface area (TPSA) is 58.1 Å². The van der Waals surface area contributed by atoms with Crippen molar-refractivity contribution in [3.8, 4) is 0 Å². The molecule has 2 rings (SSSR count). The first-order chi connectivity index (χ1) is 10.7. The summed E-state index contributed by atoms with van der Waals surface area (Å²) in [5, 5.41) is 4.24. The van der Waals surface area contributed by atoms with Crippen molar-refractivity contribution in [1.29, 1.82) is 0 Å². The summed E-state index contributed by atoms with van der Waals surface area (Å²) in [6.45, 7) is 7.70. The summed E-state index contributed by atoms with van der Waals surface area (Å²) >= 11 is 0. The fraction of sp³-hybridized carbons (Fsp3) is 0.471. The molecule has 0 bridgehead atoms. The van der Waals surface area contributed by atoms with Crippen LogP contribution in [0, 0.1) is 0 Å².